The maximum absolute atomic E-state index is 7.20. The second-order valence-electron chi connectivity index (χ2n) is 9.11. The van der Waals surface area contributed by atoms with Gasteiger partial charge in [-0.25, -0.2) is 14.8 Å². The highest BCUT2D eigenvalue weighted by molar-refractivity contribution is 7.23. The van der Waals surface area contributed by atoms with Gasteiger partial charge in [0.2, 0.25) is 0 Å². The fourth-order valence-corrected chi connectivity index (χ4v) is 5.54. The number of rotatable bonds is 2. The minimum absolute atomic E-state index is 0.0168. The van der Waals surface area contributed by atoms with E-state index >= 15 is 0 Å². The van der Waals surface area contributed by atoms with Crippen LogP contribution in [0.3, 0.4) is 0 Å². The molecule has 0 amide bonds. The first kappa shape index (κ1) is 20.4. The molecule has 0 bridgehead atoms. The summed E-state index contributed by atoms with van der Waals surface area (Å²) in [4.78, 5) is 14.1. The van der Waals surface area contributed by atoms with Gasteiger partial charge >= 0.3 is 0 Å². The second-order valence-corrected chi connectivity index (χ2v) is 10.1. The third-order valence-electron chi connectivity index (χ3n) is 5.91. The van der Waals surface area contributed by atoms with Crippen molar-refractivity contribution < 1.29 is 0 Å². The van der Waals surface area contributed by atoms with Crippen LogP contribution in [0.2, 0.25) is 0 Å². The van der Waals surface area contributed by atoms with Crippen LogP contribution in [-0.4, -0.2) is 9.97 Å². The van der Waals surface area contributed by atoms with Gasteiger partial charge in [-0.05, 0) is 51.9 Å². The number of hydrogen-bond donors (Lipinski definition) is 0. The summed E-state index contributed by atoms with van der Waals surface area (Å²) < 4.78 is 1.10. The highest BCUT2D eigenvalue weighted by atomic mass is 32.1. The smallest absolute Gasteiger partial charge is 0.187 e. The van der Waals surface area contributed by atoms with Crippen LogP contribution in [0.4, 0.5) is 5.69 Å². The molecule has 156 valence electrons. The molecule has 0 saturated carbocycles. The van der Waals surface area contributed by atoms with Crippen molar-refractivity contribution in [3.05, 3.63) is 89.5 Å². The summed E-state index contributed by atoms with van der Waals surface area (Å²) in [6.45, 7) is 16.1. The topological polar surface area (TPSA) is 30.1 Å². The van der Waals surface area contributed by atoms with Crippen molar-refractivity contribution in [2.45, 2.75) is 33.1 Å². The van der Waals surface area contributed by atoms with Gasteiger partial charge in [-0.15, -0.1) is 11.3 Å². The van der Waals surface area contributed by atoms with Crippen molar-refractivity contribution in [2.75, 3.05) is 0 Å². The Hall–Kier alpha value is -3.55. The molecule has 0 aliphatic carbocycles. The van der Waals surface area contributed by atoms with Crippen molar-refractivity contribution in [3.8, 4) is 21.7 Å². The molecule has 0 aliphatic rings. The molecule has 5 rings (SSSR count). The van der Waals surface area contributed by atoms with E-state index in [-0.39, 0.29) is 5.41 Å². The number of fused-ring (bicyclic) bond motifs is 2. The van der Waals surface area contributed by atoms with Crippen molar-refractivity contribution >= 4 is 38.0 Å². The SMILES string of the molecule is [C-]#[N+]c1ccc(-c2sc3c(-c4cc(C(C)(C)C)c5ccccc5c4)ncnc3c2C)cc1. The number of aromatic nitrogens is 2. The maximum atomic E-state index is 7.20. The minimum atomic E-state index is 0.0168. The molecule has 0 aliphatic heterocycles. The molecule has 4 heteroatoms. The lowest BCUT2D eigenvalue weighted by molar-refractivity contribution is 0.596. The molecule has 0 atom stereocenters. The Balaban J connectivity index is 1.75. The molecule has 3 nitrogen and oxygen atoms in total. The first-order chi connectivity index (χ1) is 15.4. The van der Waals surface area contributed by atoms with Crippen LogP contribution in [0.1, 0.15) is 31.9 Å². The van der Waals surface area contributed by atoms with Crippen LogP contribution in [0.5, 0.6) is 0 Å². The van der Waals surface area contributed by atoms with Gasteiger partial charge in [-0.2, -0.15) is 0 Å². The first-order valence-electron chi connectivity index (χ1n) is 10.6. The van der Waals surface area contributed by atoms with Gasteiger partial charge < -0.3 is 0 Å². The number of thiophene rings is 1. The Labute approximate surface area is 192 Å². The van der Waals surface area contributed by atoms with E-state index in [1.54, 1.807) is 17.7 Å². The predicted octanol–water partition coefficient (Wildman–Crippen LogP) is 8.34. The van der Waals surface area contributed by atoms with E-state index in [0.29, 0.717) is 5.69 Å². The Kier molecular flexibility index (Phi) is 4.80. The van der Waals surface area contributed by atoms with Gasteiger partial charge in [-0.3, -0.25) is 0 Å². The zero-order valence-corrected chi connectivity index (χ0v) is 19.4. The predicted molar refractivity (Wildman–Crippen MR) is 135 cm³/mol. The van der Waals surface area contributed by atoms with Crippen LogP contribution >= 0.6 is 11.3 Å². The molecule has 0 fully saturated rings. The monoisotopic (exact) mass is 433 g/mol. The number of benzene rings is 3. The molecule has 5 aromatic rings. The number of nitrogens with zero attached hydrogens (tertiary/aromatic N) is 3. The Morgan fingerprint density at radius 2 is 1.66 bits per heavy atom. The average molecular weight is 434 g/mol. The molecular formula is C28H23N3S. The Bertz CT molecular complexity index is 1510. The van der Waals surface area contributed by atoms with Crippen LogP contribution in [0, 0.1) is 13.5 Å². The Morgan fingerprint density at radius 1 is 0.906 bits per heavy atom. The fraction of sp³-hybridized carbons (Fsp3) is 0.179. The molecule has 0 spiro atoms. The molecule has 0 saturated heterocycles. The van der Waals surface area contributed by atoms with E-state index in [1.165, 1.54) is 21.2 Å². The van der Waals surface area contributed by atoms with Crippen molar-refractivity contribution in [1.82, 2.24) is 9.97 Å². The normalized spacial score (nSPS) is 11.7. The van der Waals surface area contributed by atoms with Gasteiger partial charge in [-0.1, -0.05) is 69.3 Å². The molecule has 0 radical (unpaired) electrons. The first-order valence-corrected chi connectivity index (χ1v) is 11.4. The third kappa shape index (κ3) is 3.36. The zero-order valence-electron chi connectivity index (χ0n) is 18.6. The molecule has 0 unspecified atom stereocenters. The van der Waals surface area contributed by atoms with E-state index in [1.807, 2.05) is 24.3 Å². The van der Waals surface area contributed by atoms with Crippen LogP contribution in [0.15, 0.2) is 67.0 Å². The highest BCUT2D eigenvalue weighted by Gasteiger charge is 2.21. The molecule has 0 N–H and O–H groups in total. The second kappa shape index (κ2) is 7.55. The van der Waals surface area contributed by atoms with Crippen molar-refractivity contribution in [3.63, 3.8) is 0 Å². The van der Waals surface area contributed by atoms with Crippen LogP contribution in [-0.2, 0) is 5.41 Å². The highest BCUT2D eigenvalue weighted by Crippen LogP contribution is 2.42. The Morgan fingerprint density at radius 3 is 2.38 bits per heavy atom. The molecule has 2 heterocycles. The van der Waals surface area contributed by atoms with Gasteiger partial charge in [0.05, 0.1) is 22.5 Å². The lowest BCUT2D eigenvalue weighted by Gasteiger charge is -2.22. The summed E-state index contributed by atoms with van der Waals surface area (Å²) in [5.41, 5.74) is 7.34. The van der Waals surface area contributed by atoms with Crippen LogP contribution in [0.25, 0.3) is 47.5 Å². The van der Waals surface area contributed by atoms with E-state index in [2.05, 4.69) is 73.9 Å². The summed E-state index contributed by atoms with van der Waals surface area (Å²) in [5, 5.41) is 2.52. The summed E-state index contributed by atoms with van der Waals surface area (Å²) >= 11 is 1.73. The molecule has 2 aromatic heterocycles. The van der Waals surface area contributed by atoms with Gasteiger partial charge in [0.15, 0.2) is 5.69 Å². The summed E-state index contributed by atoms with van der Waals surface area (Å²) in [6.07, 6.45) is 1.68. The lowest BCUT2D eigenvalue weighted by atomic mass is 9.82. The number of hydrogen-bond acceptors (Lipinski definition) is 3. The fourth-order valence-electron chi connectivity index (χ4n) is 4.26. The molecular weight excluding hydrogens is 410 g/mol. The van der Waals surface area contributed by atoms with E-state index < -0.39 is 0 Å². The van der Waals surface area contributed by atoms with Crippen molar-refractivity contribution in [1.29, 1.82) is 0 Å². The quantitative estimate of drug-likeness (QED) is 0.262. The molecule has 3 aromatic carbocycles. The third-order valence-corrected chi connectivity index (χ3v) is 7.24. The van der Waals surface area contributed by atoms with Crippen LogP contribution < -0.4 is 0 Å². The van der Waals surface area contributed by atoms with Crippen molar-refractivity contribution in [2.24, 2.45) is 0 Å². The van der Waals surface area contributed by atoms with Gasteiger partial charge in [0.1, 0.15) is 6.33 Å². The number of aryl methyl sites for hydroxylation is 1. The van der Waals surface area contributed by atoms with E-state index in [4.69, 9.17) is 11.6 Å². The maximum Gasteiger partial charge on any atom is 0.187 e. The zero-order chi connectivity index (χ0) is 22.5. The summed E-state index contributed by atoms with van der Waals surface area (Å²) in [6, 6.07) is 20.9. The molecule has 32 heavy (non-hydrogen) atoms. The summed E-state index contributed by atoms with van der Waals surface area (Å²) in [7, 11) is 0. The standard InChI is InChI=1S/C28H23N3S/c1-17-24-27(32-26(17)18-10-12-21(29-5)13-11-18)25(31-16-30-24)20-14-19-8-6-7-9-22(19)23(15-20)28(2,3)4/h6-16H,1-4H3. The summed E-state index contributed by atoms with van der Waals surface area (Å²) in [5.74, 6) is 0. The van der Waals surface area contributed by atoms with Gasteiger partial charge in [0, 0.05) is 10.4 Å². The lowest BCUT2D eigenvalue weighted by Crippen LogP contribution is -2.12. The minimum Gasteiger partial charge on any atom is -0.238 e. The van der Waals surface area contributed by atoms with E-state index in [0.717, 1.165) is 32.6 Å². The van der Waals surface area contributed by atoms with E-state index in [9.17, 15) is 0 Å². The van der Waals surface area contributed by atoms with Gasteiger partial charge in [0.25, 0.3) is 0 Å². The average Bonchev–Trinajstić information content (AvgIpc) is 3.14. The largest absolute Gasteiger partial charge is 0.238 e.